The molecular formula is C19H30ClN3O3. The summed E-state index contributed by atoms with van der Waals surface area (Å²) in [6, 6.07) is 5.14. The van der Waals surface area contributed by atoms with Crippen molar-refractivity contribution >= 4 is 29.9 Å². The summed E-state index contributed by atoms with van der Waals surface area (Å²) in [6.07, 6.45) is 3.70. The normalized spacial score (nSPS) is 14.3. The van der Waals surface area contributed by atoms with Gasteiger partial charge in [-0.25, -0.2) is 0 Å². The summed E-state index contributed by atoms with van der Waals surface area (Å²) < 4.78 is 5.61. The number of carbonyl (C=O) groups is 2. The number of rotatable bonds is 7. The number of nitrogens with one attached hydrogen (secondary N) is 2. The number of halogens is 1. The summed E-state index contributed by atoms with van der Waals surface area (Å²) in [5.41, 5.74) is 1.16. The summed E-state index contributed by atoms with van der Waals surface area (Å²) in [6.45, 7) is 4.44. The molecule has 0 radical (unpaired) electrons. The van der Waals surface area contributed by atoms with Crippen LogP contribution in [0.2, 0.25) is 0 Å². The standard InChI is InChI=1S/C19H29N3O3.ClH/c1-4-25-17-13-15(19(24)22(2)3)6-7-16(17)21-18(23)8-5-14-9-11-20-12-10-14;/h6-7,13-14,20H,4-5,8-12H2,1-3H3,(H,21,23);1H. The fourth-order valence-corrected chi connectivity index (χ4v) is 3.01. The van der Waals surface area contributed by atoms with Crippen molar-refractivity contribution < 1.29 is 14.3 Å². The van der Waals surface area contributed by atoms with E-state index >= 15 is 0 Å². The van der Waals surface area contributed by atoms with E-state index in [2.05, 4.69) is 10.6 Å². The zero-order valence-corrected chi connectivity index (χ0v) is 16.7. The van der Waals surface area contributed by atoms with Crippen LogP contribution in [0.5, 0.6) is 5.75 Å². The molecule has 0 aliphatic carbocycles. The smallest absolute Gasteiger partial charge is 0.253 e. The van der Waals surface area contributed by atoms with Gasteiger partial charge in [0.25, 0.3) is 5.91 Å². The van der Waals surface area contributed by atoms with E-state index in [1.54, 1.807) is 32.3 Å². The van der Waals surface area contributed by atoms with Gasteiger partial charge in [0, 0.05) is 26.1 Å². The first-order chi connectivity index (χ1) is 12.0. The summed E-state index contributed by atoms with van der Waals surface area (Å²) >= 11 is 0. The molecule has 6 nitrogen and oxygen atoms in total. The maximum Gasteiger partial charge on any atom is 0.253 e. The second-order valence-corrected chi connectivity index (χ2v) is 6.62. The molecule has 1 fully saturated rings. The molecule has 1 heterocycles. The van der Waals surface area contributed by atoms with Gasteiger partial charge < -0.3 is 20.3 Å². The molecule has 1 aromatic carbocycles. The van der Waals surface area contributed by atoms with Gasteiger partial charge in [0.2, 0.25) is 5.91 Å². The number of carbonyl (C=O) groups excluding carboxylic acids is 2. The van der Waals surface area contributed by atoms with Crippen LogP contribution in [0.1, 0.15) is 43.0 Å². The maximum absolute atomic E-state index is 12.3. The first kappa shape index (κ1) is 22.3. The lowest BCUT2D eigenvalue weighted by Crippen LogP contribution is -2.28. The lowest BCUT2D eigenvalue weighted by atomic mass is 9.93. The molecule has 1 aliphatic heterocycles. The zero-order chi connectivity index (χ0) is 18.2. The number of ether oxygens (including phenoxy) is 1. The third-order valence-electron chi connectivity index (χ3n) is 4.45. The summed E-state index contributed by atoms with van der Waals surface area (Å²) in [4.78, 5) is 25.9. The highest BCUT2D eigenvalue weighted by Gasteiger charge is 2.16. The monoisotopic (exact) mass is 383 g/mol. The molecule has 1 aromatic rings. The lowest BCUT2D eigenvalue weighted by Gasteiger charge is -2.22. The number of amides is 2. The van der Waals surface area contributed by atoms with Gasteiger partial charge in [0.1, 0.15) is 5.75 Å². The largest absolute Gasteiger partial charge is 0.492 e. The molecule has 1 aliphatic rings. The molecule has 7 heteroatoms. The fourth-order valence-electron chi connectivity index (χ4n) is 3.01. The Morgan fingerprint density at radius 2 is 1.96 bits per heavy atom. The van der Waals surface area contributed by atoms with Crippen molar-refractivity contribution in [1.82, 2.24) is 10.2 Å². The van der Waals surface area contributed by atoms with Gasteiger partial charge in [-0.3, -0.25) is 9.59 Å². The molecular weight excluding hydrogens is 354 g/mol. The van der Waals surface area contributed by atoms with E-state index in [0.29, 0.717) is 35.9 Å². The van der Waals surface area contributed by atoms with Crippen LogP contribution in [0.4, 0.5) is 5.69 Å². The van der Waals surface area contributed by atoms with Crippen molar-refractivity contribution in [1.29, 1.82) is 0 Å². The molecule has 0 spiro atoms. The van der Waals surface area contributed by atoms with Crippen LogP contribution in [-0.4, -0.2) is 50.5 Å². The minimum absolute atomic E-state index is 0. The van der Waals surface area contributed by atoms with Crippen LogP contribution in [0, 0.1) is 5.92 Å². The van der Waals surface area contributed by atoms with Crippen LogP contribution in [-0.2, 0) is 4.79 Å². The minimum Gasteiger partial charge on any atom is -0.492 e. The van der Waals surface area contributed by atoms with Crippen molar-refractivity contribution in [3.05, 3.63) is 23.8 Å². The Labute approximate surface area is 162 Å². The van der Waals surface area contributed by atoms with Crippen molar-refractivity contribution in [2.24, 2.45) is 5.92 Å². The average molecular weight is 384 g/mol. The SMILES string of the molecule is CCOc1cc(C(=O)N(C)C)ccc1NC(=O)CCC1CCNCC1.Cl. The first-order valence-corrected chi connectivity index (χ1v) is 9.00. The number of benzene rings is 1. The van der Waals surface area contributed by atoms with Crippen molar-refractivity contribution in [2.45, 2.75) is 32.6 Å². The van der Waals surface area contributed by atoms with Crippen LogP contribution in [0.15, 0.2) is 18.2 Å². The Balaban J connectivity index is 0.00000338. The molecule has 26 heavy (non-hydrogen) atoms. The summed E-state index contributed by atoms with van der Waals surface area (Å²) in [5.74, 6) is 1.06. The highest BCUT2D eigenvalue weighted by atomic mass is 35.5. The fraction of sp³-hybridized carbons (Fsp3) is 0.579. The summed E-state index contributed by atoms with van der Waals surface area (Å²) in [7, 11) is 3.41. The number of piperidine rings is 1. The minimum atomic E-state index is -0.0928. The molecule has 0 unspecified atom stereocenters. The van der Waals surface area contributed by atoms with Gasteiger partial charge in [0.15, 0.2) is 0 Å². The zero-order valence-electron chi connectivity index (χ0n) is 15.8. The predicted octanol–water partition coefficient (Wildman–Crippen LogP) is 2.93. The molecule has 2 N–H and O–H groups in total. The number of hydrogen-bond acceptors (Lipinski definition) is 4. The van der Waals surface area contributed by atoms with E-state index in [-0.39, 0.29) is 24.2 Å². The highest BCUT2D eigenvalue weighted by molar-refractivity contribution is 5.97. The van der Waals surface area contributed by atoms with E-state index in [0.717, 1.165) is 32.4 Å². The highest BCUT2D eigenvalue weighted by Crippen LogP contribution is 2.27. The van der Waals surface area contributed by atoms with Gasteiger partial charge >= 0.3 is 0 Å². The molecule has 0 atom stereocenters. The van der Waals surface area contributed by atoms with Crippen LogP contribution in [0.25, 0.3) is 0 Å². The molecule has 0 saturated carbocycles. The third-order valence-corrected chi connectivity index (χ3v) is 4.45. The van der Waals surface area contributed by atoms with Gasteiger partial charge in [-0.05, 0) is 63.4 Å². The Kier molecular flexibility index (Phi) is 9.44. The Bertz CT molecular complexity index is 602. The summed E-state index contributed by atoms with van der Waals surface area (Å²) in [5, 5.41) is 6.26. The molecule has 146 valence electrons. The van der Waals surface area contributed by atoms with E-state index < -0.39 is 0 Å². The average Bonchev–Trinajstić information content (AvgIpc) is 2.62. The van der Waals surface area contributed by atoms with Crippen molar-refractivity contribution in [3.8, 4) is 5.75 Å². The molecule has 2 rings (SSSR count). The van der Waals surface area contributed by atoms with Crippen LogP contribution >= 0.6 is 12.4 Å². The van der Waals surface area contributed by atoms with Crippen molar-refractivity contribution in [2.75, 3.05) is 39.1 Å². The van der Waals surface area contributed by atoms with E-state index in [1.807, 2.05) is 6.92 Å². The van der Waals surface area contributed by atoms with Gasteiger partial charge in [0.05, 0.1) is 12.3 Å². The maximum atomic E-state index is 12.3. The number of nitrogens with zero attached hydrogens (tertiary/aromatic N) is 1. The predicted molar refractivity (Wildman–Crippen MR) is 106 cm³/mol. The van der Waals surface area contributed by atoms with Gasteiger partial charge in [-0.1, -0.05) is 0 Å². The van der Waals surface area contributed by atoms with E-state index in [1.165, 1.54) is 4.90 Å². The van der Waals surface area contributed by atoms with Crippen LogP contribution < -0.4 is 15.4 Å². The van der Waals surface area contributed by atoms with E-state index in [4.69, 9.17) is 4.74 Å². The van der Waals surface area contributed by atoms with E-state index in [9.17, 15) is 9.59 Å². The third kappa shape index (κ3) is 6.50. The first-order valence-electron chi connectivity index (χ1n) is 9.00. The molecule has 0 aromatic heterocycles. The quantitative estimate of drug-likeness (QED) is 0.759. The Hall–Kier alpha value is -1.79. The van der Waals surface area contributed by atoms with Gasteiger partial charge in [-0.2, -0.15) is 0 Å². The lowest BCUT2D eigenvalue weighted by molar-refractivity contribution is -0.116. The second-order valence-electron chi connectivity index (χ2n) is 6.62. The van der Waals surface area contributed by atoms with Crippen molar-refractivity contribution in [3.63, 3.8) is 0 Å². The second kappa shape index (κ2) is 11.0. The topological polar surface area (TPSA) is 70.7 Å². The van der Waals surface area contributed by atoms with Crippen LogP contribution in [0.3, 0.4) is 0 Å². The molecule has 0 bridgehead atoms. The molecule has 2 amide bonds. The number of anilines is 1. The Morgan fingerprint density at radius 3 is 2.58 bits per heavy atom. The Morgan fingerprint density at radius 1 is 1.27 bits per heavy atom. The van der Waals surface area contributed by atoms with Gasteiger partial charge in [-0.15, -0.1) is 12.4 Å². The molecule has 1 saturated heterocycles. The number of hydrogen-bond donors (Lipinski definition) is 2.